The van der Waals surface area contributed by atoms with Crippen molar-refractivity contribution in [2.75, 3.05) is 11.9 Å². The predicted molar refractivity (Wildman–Crippen MR) is 77.5 cm³/mol. The maximum Gasteiger partial charge on any atom is 0.274 e. The van der Waals surface area contributed by atoms with E-state index in [4.69, 9.17) is 0 Å². The molecule has 19 heavy (non-hydrogen) atoms. The van der Waals surface area contributed by atoms with Gasteiger partial charge in [-0.15, -0.1) is 0 Å². The molecule has 1 aromatic rings. The number of hydrogen-bond donors (Lipinski definition) is 1. The standard InChI is InChI=1S/C15H22N2O2/c1-12-8-9-14(11-15(12)17(18)19)16-10-4-7-13-5-2-3-6-13/h8-9,11,13,16H,2-7,10H2,1H3. The van der Waals surface area contributed by atoms with Gasteiger partial charge in [-0.25, -0.2) is 0 Å². The second-order valence-corrected chi connectivity index (χ2v) is 5.48. The number of aryl methyl sites for hydroxylation is 1. The van der Waals surface area contributed by atoms with Gasteiger partial charge in [-0.3, -0.25) is 10.1 Å². The first-order valence-corrected chi connectivity index (χ1v) is 7.16. The van der Waals surface area contributed by atoms with E-state index in [-0.39, 0.29) is 10.6 Å². The highest BCUT2D eigenvalue weighted by molar-refractivity contribution is 5.54. The Kier molecular flexibility index (Phi) is 4.77. The van der Waals surface area contributed by atoms with E-state index in [1.54, 1.807) is 19.1 Å². The van der Waals surface area contributed by atoms with Crippen molar-refractivity contribution >= 4 is 11.4 Å². The summed E-state index contributed by atoms with van der Waals surface area (Å²) >= 11 is 0. The number of anilines is 1. The molecule has 4 heteroatoms. The highest BCUT2D eigenvalue weighted by Gasteiger charge is 2.14. The van der Waals surface area contributed by atoms with Gasteiger partial charge in [0.05, 0.1) is 4.92 Å². The van der Waals surface area contributed by atoms with E-state index in [0.29, 0.717) is 5.56 Å². The van der Waals surface area contributed by atoms with Crippen LogP contribution in [0.5, 0.6) is 0 Å². The quantitative estimate of drug-likeness (QED) is 0.473. The summed E-state index contributed by atoms with van der Waals surface area (Å²) in [5, 5.41) is 14.1. The Balaban J connectivity index is 1.79. The Morgan fingerprint density at radius 3 is 2.79 bits per heavy atom. The lowest BCUT2D eigenvalue weighted by Crippen LogP contribution is -2.04. The number of hydrogen-bond acceptors (Lipinski definition) is 3. The lowest BCUT2D eigenvalue weighted by molar-refractivity contribution is -0.385. The molecule has 0 unspecified atom stereocenters. The lowest BCUT2D eigenvalue weighted by atomic mass is 10.0. The van der Waals surface area contributed by atoms with Gasteiger partial charge in [-0.1, -0.05) is 31.7 Å². The van der Waals surface area contributed by atoms with Crippen molar-refractivity contribution in [3.63, 3.8) is 0 Å². The van der Waals surface area contributed by atoms with E-state index in [9.17, 15) is 10.1 Å². The van der Waals surface area contributed by atoms with E-state index in [1.165, 1.54) is 32.1 Å². The van der Waals surface area contributed by atoms with Crippen LogP contribution in [-0.2, 0) is 0 Å². The molecule has 0 bridgehead atoms. The number of rotatable bonds is 6. The van der Waals surface area contributed by atoms with Crippen molar-refractivity contribution in [1.29, 1.82) is 0 Å². The minimum atomic E-state index is -0.320. The fourth-order valence-corrected chi connectivity index (χ4v) is 2.84. The summed E-state index contributed by atoms with van der Waals surface area (Å²) in [5.74, 6) is 0.911. The summed E-state index contributed by atoms with van der Waals surface area (Å²) in [5.41, 5.74) is 1.76. The first kappa shape index (κ1) is 13.8. The van der Waals surface area contributed by atoms with Gasteiger partial charge >= 0.3 is 0 Å². The fourth-order valence-electron chi connectivity index (χ4n) is 2.84. The number of nitro groups is 1. The molecule has 0 spiro atoms. The van der Waals surface area contributed by atoms with Gasteiger partial charge in [-0.05, 0) is 31.7 Å². The number of nitro benzene ring substituents is 1. The molecule has 4 nitrogen and oxygen atoms in total. The molecule has 0 aliphatic heterocycles. The number of nitrogens with zero attached hydrogens (tertiary/aromatic N) is 1. The van der Waals surface area contributed by atoms with Crippen LogP contribution in [-0.4, -0.2) is 11.5 Å². The largest absolute Gasteiger partial charge is 0.385 e. The average Bonchev–Trinajstić information content (AvgIpc) is 2.89. The summed E-state index contributed by atoms with van der Waals surface area (Å²) in [4.78, 5) is 10.5. The first-order valence-electron chi connectivity index (χ1n) is 7.16. The van der Waals surface area contributed by atoms with Crippen LogP contribution in [0.15, 0.2) is 18.2 Å². The van der Waals surface area contributed by atoms with Crippen LogP contribution in [0.4, 0.5) is 11.4 Å². The van der Waals surface area contributed by atoms with Gasteiger partial charge in [0.1, 0.15) is 0 Å². The Morgan fingerprint density at radius 1 is 1.37 bits per heavy atom. The molecule has 1 aromatic carbocycles. The van der Waals surface area contributed by atoms with Crippen molar-refractivity contribution in [3.8, 4) is 0 Å². The van der Waals surface area contributed by atoms with Crippen LogP contribution in [0.3, 0.4) is 0 Å². The molecular weight excluding hydrogens is 240 g/mol. The highest BCUT2D eigenvalue weighted by atomic mass is 16.6. The van der Waals surface area contributed by atoms with Crippen molar-refractivity contribution in [3.05, 3.63) is 33.9 Å². The Morgan fingerprint density at radius 2 is 2.11 bits per heavy atom. The molecule has 1 fully saturated rings. The molecular formula is C15H22N2O2. The van der Waals surface area contributed by atoms with E-state index in [1.807, 2.05) is 6.07 Å². The lowest BCUT2D eigenvalue weighted by Gasteiger charge is -2.10. The molecule has 0 heterocycles. The molecule has 1 N–H and O–H groups in total. The van der Waals surface area contributed by atoms with E-state index in [2.05, 4.69) is 5.32 Å². The number of benzene rings is 1. The third-order valence-electron chi connectivity index (χ3n) is 4.00. The van der Waals surface area contributed by atoms with Gasteiger partial charge in [0, 0.05) is 23.9 Å². The highest BCUT2D eigenvalue weighted by Crippen LogP contribution is 2.28. The second kappa shape index (κ2) is 6.55. The zero-order chi connectivity index (χ0) is 13.7. The second-order valence-electron chi connectivity index (χ2n) is 5.48. The first-order chi connectivity index (χ1) is 9.16. The van der Waals surface area contributed by atoms with E-state index < -0.39 is 0 Å². The van der Waals surface area contributed by atoms with Crippen molar-refractivity contribution in [2.45, 2.75) is 45.4 Å². The SMILES string of the molecule is Cc1ccc(NCCCC2CCCC2)cc1[N+](=O)[O-]. The maximum atomic E-state index is 10.9. The van der Waals surface area contributed by atoms with Crippen LogP contribution in [0.25, 0.3) is 0 Å². The molecule has 1 aliphatic rings. The minimum Gasteiger partial charge on any atom is -0.385 e. The number of nitrogens with one attached hydrogen (secondary N) is 1. The molecule has 1 saturated carbocycles. The minimum absolute atomic E-state index is 0.195. The molecule has 0 amide bonds. The van der Waals surface area contributed by atoms with Gasteiger partial charge in [0.25, 0.3) is 5.69 Å². The van der Waals surface area contributed by atoms with Crippen LogP contribution in [0, 0.1) is 23.0 Å². The Hall–Kier alpha value is -1.58. The third kappa shape index (κ3) is 3.94. The summed E-state index contributed by atoms with van der Waals surface area (Å²) < 4.78 is 0. The summed E-state index contributed by atoms with van der Waals surface area (Å²) in [7, 11) is 0. The van der Waals surface area contributed by atoms with Crippen molar-refractivity contribution in [2.24, 2.45) is 5.92 Å². The van der Waals surface area contributed by atoms with Gasteiger partial charge in [-0.2, -0.15) is 0 Å². The van der Waals surface area contributed by atoms with Crippen molar-refractivity contribution in [1.82, 2.24) is 0 Å². The zero-order valence-corrected chi connectivity index (χ0v) is 11.5. The molecule has 0 atom stereocenters. The van der Waals surface area contributed by atoms with Crippen LogP contribution in [0.2, 0.25) is 0 Å². The summed E-state index contributed by atoms with van der Waals surface area (Å²) in [6, 6.07) is 5.35. The van der Waals surface area contributed by atoms with Crippen LogP contribution in [0.1, 0.15) is 44.1 Å². The molecule has 0 aromatic heterocycles. The van der Waals surface area contributed by atoms with Crippen LogP contribution >= 0.6 is 0 Å². The van der Waals surface area contributed by atoms with Gasteiger partial charge < -0.3 is 5.32 Å². The summed E-state index contributed by atoms with van der Waals surface area (Å²) in [6.07, 6.45) is 7.98. The van der Waals surface area contributed by atoms with Crippen molar-refractivity contribution < 1.29 is 4.92 Å². The monoisotopic (exact) mass is 262 g/mol. The predicted octanol–water partition coefficient (Wildman–Crippen LogP) is 4.29. The van der Waals surface area contributed by atoms with Gasteiger partial charge in [0.15, 0.2) is 0 Å². The van der Waals surface area contributed by atoms with E-state index >= 15 is 0 Å². The molecule has 0 saturated heterocycles. The fraction of sp³-hybridized carbons (Fsp3) is 0.600. The maximum absolute atomic E-state index is 10.9. The zero-order valence-electron chi connectivity index (χ0n) is 11.5. The molecule has 2 rings (SSSR count). The van der Waals surface area contributed by atoms with E-state index in [0.717, 1.165) is 24.6 Å². The summed E-state index contributed by atoms with van der Waals surface area (Å²) in [6.45, 7) is 2.67. The Bertz CT molecular complexity index is 440. The smallest absolute Gasteiger partial charge is 0.274 e. The molecule has 104 valence electrons. The Labute approximate surface area is 114 Å². The third-order valence-corrected chi connectivity index (χ3v) is 4.00. The van der Waals surface area contributed by atoms with Gasteiger partial charge in [0.2, 0.25) is 0 Å². The topological polar surface area (TPSA) is 55.2 Å². The van der Waals surface area contributed by atoms with Crippen LogP contribution < -0.4 is 5.32 Å². The normalized spacial score (nSPS) is 15.6. The average molecular weight is 262 g/mol. The molecule has 0 radical (unpaired) electrons. The molecule has 1 aliphatic carbocycles.